The van der Waals surface area contributed by atoms with E-state index in [1.807, 2.05) is 0 Å². The molecule has 0 aromatic heterocycles. The van der Waals surface area contributed by atoms with Crippen molar-refractivity contribution in [1.82, 2.24) is 0 Å². The first kappa shape index (κ1) is 15.8. The van der Waals surface area contributed by atoms with Crippen LogP contribution in [0.2, 0.25) is 0 Å². The lowest BCUT2D eigenvalue weighted by atomic mass is 10.3. The zero-order chi connectivity index (χ0) is 15.9. The van der Waals surface area contributed by atoms with Crippen LogP contribution >= 0.6 is 11.8 Å². The molecule has 0 N–H and O–H groups in total. The molecule has 0 heterocycles. The van der Waals surface area contributed by atoms with Gasteiger partial charge in [0.25, 0.3) is 5.69 Å². The summed E-state index contributed by atoms with van der Waals surface area (Å²) in [7, 11) is 1.56. The normalized spacial score (nSPS) is 10.0. The number of benzene rings is 2. The lowest BCUT2D eigenvalue weighted by Gasteiger charge is -2.05. The molecule has 0 atom stereocenters. The van der Waals surface area contributed by atoms with Gasteiger partial charge in [0.15, 0.2) is 0 Å². The van der Waals surface area contributed by atoms with Crippen molar-refractivity contribution in [3.63, 3.8) is 0 Å². The van der Waals surface area contributed by atoms with E-state index in [4.69, 9.17) is 9.47 Å². The Bertz CT molecular complexity index is 655. The predicted molar refractivity (Wildman–Crippen MR) is 82.4 cm³/mol. The summed E-state index contributed by atoms with van der Waals surface area (Å²) in [6, 6.07) is 12.7. The Morgan fingerprint density at radius 1 is 1.09 bits per heavy atom. The number of rotatable bonds is 6. The molecule has 0 bridgehead atoms. The predicted octanol–water partition coefficient (Wildman–Crippen LogP) is 3.30. The maximum Gasteiger partial charge on any atom is 0.321 e. The average molecular weight is 319 g/mol. The van der Waals surface area contributed by atoms with Crippen LogP contribution in [0.15, 0.2) is 53.4 Å². The van der Waals surface area contributed by atoms with Gasteiger partial charge in [0.2, 0.25) is 0 Å². The number of carbonyl (C=O) groups excluding carboxylic acids is 1. The lowest BCUT2D eigenvalue weighted by Crippen LogP contribution is -2.10. The molecule has 6 nitrogen and oxygen atoms in total. The Morgan fingerprint density at radius 3 is 2.23 bits per heavy atom. The number of nitro groups is 1. The van der Waals surface area contributed by atoms with Gasteiger partial charge in [-0.05, 0) is 36.4 Å². The zero-order valence-corrected chi connectivity index (χ0v) is 12.5. The largest absolute Gasteiger partial charge is 0.497 e. The quantitative estimate of drug-likeness (QED) is 0.267. The summed E-state index contributed by atoms with van der Waals surface area (Å²) in [6.07, 6.45) is 0. The number of nitrogens with zero attached hydrogens (tertiary/aromatic N) is 1. The second kappa shape index (κ2) is 7.46. The molecule has 114 valence electrons. The molecule has 0 amide bonds. The molecule has 0 aliphatic carbocycles. The SMILES string of the molecule is COc1ccc(OC(=O)CSc2ccc([N+](=O)[O-])cc2)cc1. The molecular weight excluding hydrogens is 306 g/mol. The van der Waals surface area contributed by atoms with E-state index < -0.39 is 10.9 Å². The van der Waals surface area contributed by atoms with Crippen molar-refractivity contribution in [2.75, 3.05) is 12.9 Å². The molecule has 0 saturated heterocycles. The van der Waals surface area contributed by atoms with E-state index in [0.29, 0.717) is 11.5 Å². The Hall–Kier alpha value is -2.54. The number of ether oxygens (including phenoxy) is 2. The van der Waals surface area contributed by atoms with Crippen LogP contribution in [0.25, 0.3) is 0 Å². The molecule has 7 heteroatoms. The van der Waals surface area contributed by atoms with Crippen molar-refractivity contribution in [1.29, 1.82) is 0 Å². The van der Waals surface area contributed by atoms with E-state index in [0.717, 1.165) is 4.90 Å². The third kappa shape index (κ3) is 4.49. The fourth-order valence-corrected chi connectivity index (χ4v) is 2.28. The number of nitro benzene ring substituents is 1. The molecule has 0 aliphatic rings. The highest BCUT2D eigenvalue weighted by atomic mass is 32.2. The molecule has 0 fully saturated rings. The average Bonchev–Trinajstić information content (AvgIpc) is 2.54. The smallest absolute Gasteiger partial charge is 0.321 e. The van der Waals surface area contributed by atoms with Crippen LogP contribution in [0.5, 0.6) is 11.5 Å². The second-order valence-corrected chi connectivity index (χ2v) is 5.24. The number of methoxy groups -OCH3 is 1. The molecule has 22 heavy (non-hydrogen) atoms. The molecule has 2 rings (SSSR count). The van der Waals surface area contributed by atoms with E-state index in [2.05, 4.69) is 0 Å². The van der Waals surface area contributed by atoms with Crippen LogP contribution in [-0.2, 0) is 4.79 Å². The second-order valence-electron chi connectivity index (χ2n) is 4.19. The minimum absolute atomic E-state index is 0.0187. The van der Waals surface area contributed by atoms with Gasteiger partial charge in [-0.1, -0.05) is 0 Å². The highest BCUT2D eigenvalue weighted by molar-refractivity contribution is 8.00. The Morgan fingerprint density at radius 2 is 1.68 bits per heavy atom. The van der Waals surface area contributed by atoms with Gasteiger partial charge in [-0.25, -0.2) is 0 Å². The van der Waals surface area contributed by atoms with Gasteiger partial charge < -0.3 is 9.47 Å². The fraction of sp³-hybridized carbons (Fsp3) is 0.133. The van der Waals surface area contributed by atoms with E-state index >= 15 is 0 Å². The number of non-ortho nitro benzene ring substituents is 1. The number of carbonyl (C=O) groups is 1. The van der Waals surface area contributed by atoms with Crippen LogP contribution in [0, 0.1) is 10.1 Å². The minimum Gasteiger partial charge on any atom is -0.497 e. The van der Waals surface area contributed by atoms with Crippen molar-refractivity contribution >= 4 is 23.4 Å². The van der Waals surface area contributed by atoms with Gasteiger partial charge in [-0.15, -0.1) is 11.8 Å². The maximum absolute atomic E-state index is 11.7. The van der Waals surface area contributed by atoms with Gasteiger partial charge >= 0.3 is 5.97 Å². The van der Waals surface area contributed by atoms with Crippen molar-refractivity contribution in [2.24, 2.45) is 0 Å². The van der Waals surface area contributed by atoms with Crippen LogP contribution in [0.4, 0.5) is 5.69 Å². The third-order valence-corrected chi connectivity index (χ3v) is 3.68. The first-order valence-electron chi connectivity index (χ1n) is 6.30. The summed E-state index contributed by atoms with van der Waals surface area (Å²) in [5.74, 6) is 0.841. The van der Waals surface area contributed by atoms with Crippen LogP contribution in [0.3, 0.4) is 0 Å². The Balaban J connectivity index is 1.85. The standard InChI is InChI=1S/C15H13NO5S/c1-20-12-4-6-13(7-5-12)21-15(17)10-22-14-8-2-11(3-9-14)16(18)19/h2-9H,10H2,1H3. The summed E-state index contributed by atoms with van der Waals surface area (Å²) >= 11 is 1.25. The molecule has 0 spiro atoms. The molecule has 0 unspecified atom stereocenters. The third-order valence-electron chi connectivity index (χ3n) is 2.70. The summed E-state index contributed by atoms with van der Waals surface area (Å²) in [4.78, 5) is 22.6. The molecule has 0 radical (unpaired) electrons. The van der Waals surface area contributed by atoms with Crippen molar-refractivity contribution < 1.29 is 19.2 Å². The minimum atomic E-state index is -0.466. The van der Waals surface area contributed by atoms with Crippen LogP contribution < -0.4 is 9.47 Å². The molecule has 2 aromatic carbocycles. The summed E-state index contributed by atoms with van der Waals surface area (Å²) in [5, 5.41) is 10.5. The van der Waals surface area contributed by atoms with E-state index in [-0.39, 0.29) is 11.4 Å². The summed E-state index contributed by atoms with van der Waals surface area (Å²) in [6.45, 7) is 0. The number of thioether (sulfide) groups is 1. The Kier molecular flexibility index (Phi) is 5.37. The Labute approximate surface area is 131 Å². The summed E-state index contributed by atoms with van der Waals surface area (Å²) < 4.78 is 10.2. The topological polar surface area (TPSA) is 78.7 Å². The van der Waals surface area contributed by atoms with Gasteiger partial charge in [-0.3, -0.25) is 14.9 Å². The molecular formula is C15H13NO5S. The molecule has 0 saturated carbocycles. The van der Waals surface area contributed by atoms with Crippen molar-refractivity contribution in [2.45, 2.75) is 4.90 Å². The van der Waals surface area contributed by atoms with E-state index in [1.165, 1.54) is 23.9 Å². The first-order chi connectivity index (χ1) is 10.6. The monoisotopic (exact) mass is 319 g/mol. The van der Waals surface area contributed by atoms with E-state index in [1.54, 1.807) is 43.5 Å². The van der Waals surface area contributed by atoms with Gasteiger partial charge in [0.05, 0.1) is 17.8 Å². The van der Waals surface area contributed by atoms with Crippen LogP contribution in [-0.4, -0.2) is 23.8 Å². The summed E-state index contributed by atoms with van der Waals surface area (Å²) in [5.41, 5.74) is 0.0187. The fourth-order valence-electron chi connectivity index (χ4n) is 1.61. The van der Waals surface area contributed by atoms with Gasteiger partial charge in [-0.2, -0.15) is 0 Å². The highest BCUT2D eigenvalue weighted by Crippen LogP contribution is 2.22. The maximum atomic E-state index is 11.7. The van der Waals surface area contributed by atoms with Gasteiger partial charge in [0, 0.05) is 17.0 Å². The first-order valence-corrected chi connectivity index (χ1v) is 7.29. The molecule has 0 aliphatic heterocycles. The molecule has 2 aromatic rings. The highest BCUT2D eigenvalue weighted by Gasteiger charge is 2.08. The lowest BCUT2D eigenvalue weighted by molar-refractivity contribution is -0.384. The zero-order valence-electron chi connectivity index (χ0n) is 11.7. The number of hydrogen-bond donors (Lipinski definition) is 0. The number of esters is 1. The van der Waals surface area contributed by atoms with Crippen LogP contribution in [0.1, 0.15) is 0 Å². The number of hydrogen-bond acceptors (Lipinski definition) is 6. The van der Waals surface area contributed by atoms with E-state index in [9.17, 15) is 14.9 Å². The van der Waals surface area contributed by atoms with Crippen molar-refractivity contribution in [3.8, 4) is 11.5 Å². The van der Waals surface area contributed by atoms with Gasteiger partial charge in [0.1, 0.15) is 11.5 Å². The van der Waals surface area contributed by atoms with Crippen molar-refractivity contribution in [3.05, 3.63) is 58.6 Å².